The van der Waals surface area contributed by atoms with Crippen LogP contribution in [0.3, 0.4) is 0 Å². The van der Waals surface area contributed by atoms with E-state index in [0.717, 1.165) is 77.4 Å². The van der Waals surface area contributed by atoms with Crippen molar-refractivity contribution >= 4 is 83.5 Å². The molecule has 1 atom stereocenters. The van der Waals surface area contributed by atoms with E-state index in [2.05, 4.69) is 155 Å². The number of rotatable bonds is 5. The lowest BCUT2D eigenvalue weighted by Gasteiger charge is -2.29. The molecule has 5 aromatic carbocycles. The number of allylic oxidation sites excluding steroid dienone is 5. The fourth-order valence-electron chi connectivity index (χ4n) is 8.52. The molecule has 0 radical (unpaired) electrons. The number of aromatic nitrogens is 1. The van der Waals surface area contributed by atoms with Gasteiger partial charge in [0.15, 0.2) is 5.58 Å². The quantitative estimate of drug-likeness (QED) is 0.135. The lowest BCUT2D eigenvalue weighted by molar-refractivity contribution is 0.604. The molecule has 4 heteroatoms. The van der Waals surface area contributed by atoms with Gasteiger partial charge in [0.25, 0.3) is 0 Å². The molecule has 1 unspecified atom stereocenters. The van der Waals surface area contributed by atoms with Crippen molar-refractivity contribution in [2.24, 2.45) is 0 Å². The van der Waals surface area contributed by atoms with Gasteiger partial charge in [0, 0.05) is 57.0 Å². The van der Waals surface area contributed by atoms with Crippen molar-refractivity contribution in [3.8, 4) is 0 Å². The lowest BCUT2D eigenvalue weighted by atomic mass is 9.74. The maximum absolute atomic E-state index is 7.05. The third-order valence-corrected chi connectivity index (χ3v) is 11.4. The summed E-state index contributed by atoms with van der Waals surface area (Å²) in [5.41, 5.74) is 13.5. The normalized spacial score (nSPS) is 15.1. The molecule has 0 saturated carbocycles. The van der Waals surface area contributed by atoms with E-state index in [0.29, 0.717) is 0 Å². The molecule has 4 nitrogen and oxygen atoms in total. The monoisotopic (exact) mass is 666 g/mol. The summed E-state index contributed by atoms with van der Waals surface area (Å²) in [6.45, 7) is 17.5. The van der Waals surface area contributed by atoms with E-state index in [9.17, 15) is 0 Å². The molecule has 252 valence electrons. The van der Waals surface area contributed by atoms with Crippen LogP contribution in [0.5, 0.6) is 0 Å². The van der Waals surface area contributed by atoms with Crippen LogP contribution in [0.4, 0.5) is 5.69 Å². The van der Waals surface area contributed by atoms with Crippen LogP contribution >= 0.6 is 0 Å². The standard InChI is InChI=1S/C47H42N2O2/c1-9-11-13-29(5)48(8)39-15-12-14-33-34-21-17-30-18-22-35-38(47(6,7)43(30)46(34)51-44(33)39)26-40-42-37-24-31(19-23-41(37)50-45(35)42)36-25-32(20-16-27(36)3)49(40)28(4)10-2/h9-26,28H,2H2,1,3-8H3/b11-9+,29-13+. The van der Waals surface area contributed by atoms with Crippen LogP contribution in [0, 0.1) is 6.92 Å². The van der Waals surface area contributed by atoms with Crippen molar-refractivity contribution in [1.29, 1.82) is 0 Å². The molecule has 1 aliphatic carbocycles. The number of nitrogens with zero attached hydrogens (tertiary/aromatic N) is 2. The SMILES string of the molecule is C=CC(C)n1c2ccc(C)c(c2)c2ccc3oc4c5c(cc1c4c3c2)C(C)(C)c1c(ccc2c1oc1c(N(C)/C(C)=C/C=C/C)cccc12)C=C5. The Morgan fingerprint density at radius 2 is 1.71 bits per heavy atom. The van der Waals surface area contributed by atoms with E-state index < -0.39 is 5.41 Å². The highest BCUT2D eigenvalue weighted by atomic mass is 16.3. The van der Waals surface area contributed by atoms with Crippen LogP contribution < -0.4 is 4.90 Å². The van der Waals surface area contributed by atoms with Crippen molar-refractivity contribution < 1.29 is 8.83 Å². The predicted molar refractivity (Wildman–Crippen MR) is 218 cm³/mol. The topological polar surface area (TPSA) is 34.5 Å². The van der Waals surface area contributed by atoms with E-state index in [-0.39, 0.29) is 6.04 Å². The molecular weight excluding hydrogens is 625 g/mol. The predicted octanol–water partition coefficient (Wildman–Crippen LogP) is 13.4. The van der Waals surface area contributed by atoms with Crippen LogP contribution in [0.15, 0.2) is 118 Å². The molecular formula is C47H42N2O2. The van der Waals surface area contributed by atoms with E-state index in [1.807, 2.05) is 19.1 Å². The van der Waals surface area contributed by atoms with Crippen LogP contribution in [0.1, 0.15) is 68.5 Å². The second-order valence-corrected chi connectivity index (χ2v) is 14.7. The van der Waals surface area contributed by atoms with Gasteiger partial charge in [-0.05, 0) is 104 Å². The summed E-state index contributed by atoms with van der Waals surface area (Å²) in [6.07, 6.45) is 12.8. The molecule has 3 heterocycles. The fraction of sp³-hybridized carbons (Fsp3) is 0.191. The highest BCUT2D eigenvalue weighted by Gasteiger charge is 2.36. The summed E-state index contributed by atoms with van der Waals surface area (Å²) < 4.78 is 16.4. The van der Waals surface area contributed by atoms with Crippen molar-refractivity contribution in [2.75, 3.05) is 11.9 Å². The minimum atomic E-state index is -0.454. The summed E-state index contributed by atoms with van der Waals surface area (Å²) in [5, 5.41) is 6.94. The Balaban J connectivity index is 1.39. The first-order chi connectivity index (χ1) is 24.6. The summed E-state index contributed by atoms with van der Waals surface area (Å²) in [7, 11) is 2.11. The molecule has 4 bridgehead atoms. The zero-order valence-corrected chi connectivity index (χ0v) is 30.4. The first kappa shape index (κ1) is 31.3. The minimum Gasteiger partial charge on any atom is -0.455 e. The number of benzene rings is 5. The molecule has 0 N–H and O–H groups in total. The molecule has 0 aliphatic heterocycles. The van der Waals surface area contributed by atoms with Crippen molar-refractivity contribution in [1.82, 2.24) is 4.57 Å². The second-order valence-electron chi connectivity index (χ2n) is 14.7. The van der Waals surface area contributed by atoms with Gasteiger partial charge in [-0.2, -0.15) is 0 Å². The van der Waals surface area contributed by atoms with Gasteiger partial charge in [0.2, 0.25) is 0 Å². The Kier molecular flexibility index (Phi) is 6.82. The summed E-state index contributed by atoms with van der Waals surface area (Å²) in [5.74, 6) is 0. The summed E-state index contributed by atoms with van der Waals surface area (Å²) >= 11 is 0. The first-order valence-electron chi connectivity index (χ1n) is 17.9. The highest BCUT2D eigenvalue weighted by Crippen LogP contribution is 2.50. The van der Waals surface area contributed by atoms with Crippen molar-refractivity contribution in [2.45, 2.75) is 53.0 Å². The Morgan fingerprint density at radius 3 is 2.51 bits per heavy atom. The molecule has 51 heavy (non-hydrogen) atoms. The Labute approximate surface area is 298 Å². The number of fused-ring (bicyclic) bond motifs is 11. The first-order valence-corrected chi connectivity index (χ1v) is 17.9. The maximum Gasteiger partial charge on any atom is 0.159 e. The number of furan rings is 2. The van der Waals surface area contributed by atoms with Gasteiger partial charge in [0.1, 0.15) is 16.7 Å². The van der Waals surface area contributed by atoms with Crippen LogP contribution in [-0.4, -0.2) is 11.6 Å². The van der Waals surface area contributed by atoms with Gasteiger partial charge in [-0.25, -0.2) is 0 Å². The van der Waals surface area contributed by atoms with E-state index in [1.165, 1.54) is 27.5 Å². The Morgan fingerprint density at radius 1 is 0.882 bits per heavy atom. The molecule has 0 saturated heterocycles. The Hall–Kier alpha value is -5.74. The molecule has 1 aliphatic rings. The van der Waals surface area contributed by atoms with Crippen molar-refractivity contribution in [3.63, 3.8) is 0 Å². The molecule has 3 aromatic heterocycles. The molecule has 8 aromatic rings. The molecule has 0 amide bonds. The largest absolute Gasteiger partial charge is 0.455 e. The van der Waals surface area contributed by atoms with Crippen LogP contribution in [0.25, 0.3) is 77.8 Å². The third-order valence-electron chi connectivity index (χ3n) is 11.4. The van der Waals surface area contributed by atoms with Gasteiger partial charge >= 0.3 is 0 Å². The minimum absolute atomic E-state index is 0.0304. The van der Waals surface area contributed by atoms with Gasteiger partial charge in [-0.3, -0.25) is 0 Å². The number of hydrogen-bond donors (Lipinski definition) is 0. The fourth-order valence-corrected chi connectivity index (χ4v) is 8.52. The Bertz CT molecular complexity index is 2860. The number of para-hydroxylation sites is 1. The average Bonchev–Trinajstić information content (AvgIpc) is 3.68. The summed E-state index contributed by atoms with van der Waals surface area (Å²) in [6, 6.07) is 26.8. The van der Waals surface area contributed by atoms with Gasteiger partial charge in [0.05, 0.1) is 16.6 Å². The number of hydrogen-bond acceptors (Lipinski definition) is 3. The molecule has 0 fully saturated rings. The lowest BCUT2D eigenvalue weighted by Crippen LogP contribution is -2.21. The van der Waals surface area contributed by atoms with E-state index >= 15 is 0 Å². The number of anilines is 1. The highest BCUT2D eigenvalue weighted by molar-refractivity contribution is 6.19. The molecule has 0 spiro atoms. The van der Waals surface area contributed by atoms with Gasteiger partial charge in [-0.15, -0.1) is 6.58 Å². The van der Waals surface area contributed by atoms with Gasteiger partial charge < -0.3 is 18.3 Å². The van der Waals surface area contributed by atoms with Crippen molar-refractivity contribution in [3.05, 3.63) is 137 Å². The van der Waals surface area contributed by atoms with Gasteiger partial charge in [-0.1, -0.05) is 74.6 Å². The second kappa shape index (κ2) is 11.1. The average molecular weight is 667 g/mol. The maximum atomic E-state index is 7.05. The zero-order chi connectivity index (χ0) is 35.3. The zero-order valence-electron chi connectivity index (χ0n) is 30.4. The van der Waals surface area contributed by atoms with E-state index in [1.54, 1.807) is 0 Å². The third kappa shape index (κ3) is 4.39. The number of aryl methyl sites for hydroxylation is 1. The van der Waals surface area contributed by atoms with E-state index in [4.69, 9.17) is 8.83 Å². The smallest absolute Gasteiger partial charge is 0.159 e. The molecule has 9 rings (SSSR count). The van der Waals surface area contributed by atoms with Crippen LogP contribution in [-0.2, 0) is 5.41 Å². The van der Waals surface area contributed by atoms with Crippen LogP contribution in [0.2, 0.25) is 0 Å². The summed E-state index contributed by atoms with van der Waals surface area (Å²) in [4.78, 5) is 2.21.